The fraction of sp³-hybridized carbons (Fsp3) is 0.533. The van der Waals surface area contributed by atoms with Crippen LogP contribution in [0, 0.1) is 0 Å². The van der Waals surface area contributed by atoms with Gasteiger partial charge in [0.1, 0.15) is 5.75 Å². The molecule has 0 radical (unpaired) electrons. The first kappa shape index (κ1) is 15.3. The fourth-order valence-electron chi connectivity index (χ4n) is 2.68. The number of hydrogen-bond acceptors (Lipinski definition) is 3. The van der Waals surface area contributed by atoms with Crippen LogP contribution in [-0.2, 0) is 0 Å². The molecule has 1 aliphatic heterocycles. The lowest BCUT2D eigenvalue weighted by molar-refractivity contribution is 0.0652. The van der Waals surface area contributed by atoms with E-state index in [0.29, 0.717) is 17.4 Å². The molecule has 4 nitrogen and oxygen atoms in total. The van der Waals surface area contributed by atoms with E-state index in [0.717, 1.165) is 36.9 Å². The van der Waals surface area contributed by atoms with E-state index in [1.54, 1.807) is 7.11 Å². The van der Waals surface area contributed by atoms with Gasteiger partial charge in [0.05, 0.1) is 12.7 Å². The zero-order valence-electron chi connectivity index (χ0n) is 12.0. The van der Waals surface area contributed by atoms with Gasteiger partial charge in [-0.2, -0.15) is 0 Å². The van der Waals surface area contributed by atoms with Gasteiger partial charge in [-0.15, -0.1) is 0 Å². The van der Waals surface area contributed by atoms with E-state index in [4.69, 9.17) is 4.74 Å². The lowest BCUT2D eigenvalue weighted by atomic mass is 10.0. The molecule has 0 saturated carbocycles. The molecule has 0 aliphatic carbocycles. The van der Waals surface area contributed by atoms with Crippen molar-refractivity contribution in [2.75, 3.05) is 26.7 Å². The minimum atomic E-state index is 0.0590. The number of nitrogens with zero attached hydrogens (tertiary/aromatic N) is 1. The molecule has 1 aromatic rings. The quantitative estimate of drug-likeness (QED) is 0.916. The van der Waals surface area contributed by atoms with E-state index >= 15 is 0 Å². The number of ether oxygens (including phenoxy) is 1. The molecule has 110 valence electrons. The lowest BCUT2D eigenvalue weighted by Crippen LogP contribution is -2.46. The molecule has 0 bridgehead atoms. The van der Waals surface area contributed by atoms with Gasteiger partial charge in [0.15, 0.2) is 0 Å². The van der Waals surface area contributed by atoms with Crippen LogP contribution in [0.3, 0.4) is 0 Å². The van der Waals surface area contributed by atoms with Gasteiger partial charge in [0, 0.05) is 17.1 Å². The number of piperidine rings is 1. The third-order valence-corrected chi connectivity index (χ3v) is 4.24. The van der Waals surface area contributed by atoms with E-state index in [-0.39, 0.29) is 5.91 Å². The highest BCUT2D eigenvalue weighted by molar-refractivity contribution is 9.10. The van der Waals surface area contributed by atoms with Crippen molar-refractivity contribution in [3.63, 3.8) is 0 Å². The number of amides is 1. The zero-order valence-corrected chi connectivity index (χ0v) is 13.6. The van der Waals surface area contributed by atoms with E-state index in [9.17, 15) is 4.79 Å². The Balaban J connectivity index is 2.23. The van der Waals surface area contributed by atoms with Crippen molar-refractivity contribution in [1.29, 1.82) is 0 Å². The summed E-state index contributed by atoms with van der Waals surface area (Å²) < 4.78 is 6.25. The van der Waals surface area contributed by atoms with Gasteiger partial charge in [-0.3, -0.25) is 4.79 Å². The molecule has 1 fully saturated rings. The Morgan fingerprint density at radius 1 is 1.45 bits per heavy atom. The first-order valence-corrected chi connectivity index (χ1v) is 7.82. The third kappa shape index (κ3) is 3.33. The molecule has 1 heterocycles. The van der Waals surface area contributed by atoms with Crippen LogP contribution in [0.4, 0.5) is 0 Å². The van der Waals surface area contributed by atoms with Crippen LogP contribution in [0.25, 0.3) is 0 Å². The summed E-state index contributed by atoms with van der Waals surface area (Å²) >= 11 is 3.40. The van der Waals surface area contributed by atoms with Crippen LogP contribution in [0.1, 0.15) is 30.1 Å². The number of nitrogens with one attached hydrogen (secondary N) is 1. The summed E-state index contributed by atoms with van der Waals surface area (Å²) in [6, 6.07) is 5.87. The molecule has 1 amide bonds. The van der Waals surface area contributed by atoms with Crippen molar-refractivity contribution >= 4 is 21.8 Å². The Hall–Kier alpha value is -1.07. The Labute approximate surface area is 128 Å². The van der Waals surface area contributed by atoms with Crippen LogP contribution < -0.4 is 10.1 Å². The van der Waals surface area contributed by atoms with Crippen LogP contribution in [0.15, 0.2) is 22.7 Å². The van der Waals surface area contributed by atoms with Crippen LogP contribution >= 0.6 is 15.9 Å². The standard InChI is InChI=1S/C15H21BrN2O2/c1-3-18(12-6-8-17-9-7-12)15(19)13-5-4-11(16)10-14(13)20-2/h4-5,10,12,17H,3,6-9H2,1-2H3. The number of methoxy groups -OCH3 is 1. The lowest BCUT2D eigenvalue weighted by Gasteiger charge is -2.34. The predicted molar refractivity (Wildman–Crippen MR) is 83.3 cm³/mol. The largest absolute Gasteiger partial charge is 0.496 e. The third-order valence-electron chi connectivity index (χ3n) is 3.74. The highest BCUT2D eigenvalue weighted by atomic mass is 79.9. The molecule has 20 heavy (non-hydrogen) atoms. The van der Waals surface area contributed by atoms with Crippen LogP contribution in [0.5, 0.6) is 5.75 Å². The van der Waals surface area contributed by atoms with Crippen molar-refractivity contribution in [3.05, 3.63) is 28.2 Å². The van der Waals surface area contributed by atoms with Crippen molar-refractivity contribution in [3.8, 4) is 5.75 Å². The number of carbonyl (C=O) groups is 1. The molecule has 1 aromatic carbocycles. The van der Waals surface area contributed by atoms with Crippen molar-refractivity contribution < 1.29 is 9.53 Å². The SMILES string of the molecule is CCN(C(=O)c1ccc(Br)cc1OC)C1CCNCC1. The smallest absolute Gasteiger partial charge is 0.257 e. The molecule has 1 N–H and O–H groups in total. The molecule has 2 rings (SSSR count). The predicted octanol–water partition coefficient (Wildman–Crippen LogP) is 2.67. The molecule has 1 saturated heterocycles. The number of rotatable bonds is 4. The summed E-state index contributed by atoms with van der Waals surface area (Å²) in [4.78, 5) is 14.7. The minimum Gasteiger partial charge on any atom is -0.496 e. The van der Waals surface area contributed by atoms with Gasteiger partial charge in [0.2, 0.25) is 0 Å². The molecule has 0 unspecified atom stereocenters. The highest BCUT2D eigenvalue weighted by Gasteiger charge is 2.26. The second kappa shape index (κ2) is 7.09. The van der Waals surface area contributed by atoms with Gasteiger partial charge in [-0.1, -0.05) is 15.9 Å². The normalized spacial score (nSPS) is 15.9. The zero-order chi connectivity index (χ0) is 14.5. The topological polar surface area (TPSA) is 41.6 Å². The van der Waals surface area contributed by atoms with Crippen molar-refractivity contribution in [2.24, 2.45) is 0 Å². The maximum Gasteiger partial charge on any atom is 0.257 e. The maximum absolute atomic E-state index is 12.8. The monoisotopic (exact) mass is 340 g/mol. The average Bonchev–Trinajstić information content (AvgIpc) is 2.48. The summed E-state index contributed by atoms with van der Waals surface area (Å²) in [7, 11) is 1.60. The molecule has 0 spiro atoms. The van der Waals surface area contributed by atoms with Crippen LogP contribution in [-0.4, -0.2) is 43.6 Å². The van der Waals surface area contributed by atoms with Gasteiger partial charge in [0.25, 0.3) is 5.91 Å². The number of hydrogen-bond donors (Lipinski definition) is 1. The Morgan fingerprint density at radius 3 is 2.75 bits per heavy atom. The Kier molecular flexibility index (Phi) is 5.43. The Bertz CT molecular complexity index is 473. The van der Waals surface area contributed by atoms with E-state index < -0.39 is 0 Å². The van der Waals surface area contributed by atoms with E-state index in [2.05, 4.69) is 21.2 Å². The minimum absolute atomic E-state index is 0.0590. The van der Waals surface area contributed by atoms with Gasteiger partial charge in [-0.25, -0.2) is 0 Å². The van der Waals surface area contributed by atoms with Gasteiger partial charge in [-0.05, 0) is 51.1 Å². The first-order valence-electron chi connectivity index (χ1n) is 7.02. The average molecular weight is 341 g/mol. The number of carbonyl (C=O) groups excluding carboxylic acids is 1. The molecule has 0 aromatic heterocycles. The summed E-state index contributed by atoms with van der Waals surface area (Å²) in [5, 5.41) is 3.33. The first-order chi connectivity index (χ1) is 9.67. The maximum atomic E-state index is 12.8. The molecule has 0 atom stereocenters. The summed E-state index contributed by atoms with van der Waals surface area (Å²) in [6.45, 7) is 4.71. The summed E-state index contributed by atoms with van der Waals surface area (Å²) in [5.41, 5.74) is 0.635. The molecule has 5 heteroatoms. The van der Waals surface area contributed by atoms with E-state index in [1.807, 2.05) is 30.0 Å². The fourth-order valence-corrected chi connectivity index (χ4v) is 3.02. The van der Waals surface area contributed by atoms with Crippen molar-refractivity contribution in [2.45, 2.75) is 25.8 Å². The number of halogens is 1. The number of benzene rings is 1. The second-order valence-corrected chi connectivity index (χ2v) is 5.83. The molecule has 1 aliphatic rings. The highest BCUT2D eigenvalue weighted by Crippen LogP contribution is 2.26. The second-order valence-electron chi connectivity index (χ2n) is 4.92. The van der Waals surface area contributed by atoms with Crippen LogP contribution in [0.2, 0.25) is 0 Å². The van der Waals surface area contributed by atoms with E-state index in [1.165, 1.54) is 0 Å². The van der Waals surface area contributed by atoms with Gasteiger partial charge >= 0.3 is 0 Å². The molecular formula is C15H21BrN2O2. The van der Waals surface area contributed by atoms with Gasteiger partial charge < -0.3 is 15.0 Å². The van der Waals surface area contributed by atoms with Crippen molar-refractivity contribution in [1.82, 2.24) is 10.2 Å². The Morgan fingerprint density at radius 2 is 2.15 bits per heavy atom. The molecular weight excluding hydrogens is 320 g/mol. The summed E-state index contributed by atoms with van der Waals surface area (Å²) in [5.74, 6) is 0.681. The summed E-state index contributed by atoms with van der Waals surface area (Å²) in [6.07, 6.45) is 2.02.